The molecule has 0 bridgehead atoms. The minimum atomic E-state index is -0.483. The minimum absolute atomic E-state index is 0.286. The fourth-order valence-electron chi connectivity index (χ4n) is 3.90. The maximum atomic E-state index is 13.5. The molecule has 34 heavy (non-hydrogen) atoms. The van der Waals surface area contributed by atoms with E-state index in [1.54, 1.807) is 18.3 Å². The van der Waals surface area contributed by atoms with Gasteiger partial charge in [0.25, 0.3) is 0 Å². The summed E-state index contributed by atoms with van der Waals surface area (Å²) < 4.78 is 19.1. The number of ether oxygens (including phenoxy) is 1. The topological polar surface area (TPSA) is 74.3 Å². The first-order chi connectivity index (χ1) is 16.4. The van der Waals surface area contributed by atoms with Crippen molar-refractivity contribution in [1.29, 1.82) is 0 Å². The van der Waals surface area contributed by atoms with Crippen LogP contribution in [-0.4, -0.2) is 57.8 Å². The molecule has 2 heterocycles. The van der Waals surface area contributed by atoms with Gasteiger partial charge >= 0.3 is 5.97 Å². The third-order valence-electron chi connectivity index (χ3n) is 5.48. The minimum Gasteiger partial charge on any atom is -0.445 e. The summed E-state index contributed by atoms with van der Waals surface area (Å²) >= 11 is 0. The number of halogens is 1. The van der Waals surface area contributed by atoms with Gasteiger partial charge < -0.3 is 9.64 Å². The van der Waals surface area contributed by atoms with Gasteiger partial charge in [-0.3, -0.25) is 19.8 Å². The van der Waals surface area contributed by atoms with Gasteiger partial charge in [0, 0.05) is 49.9 Å². The van der Waals surface area contributed by atoms with Crippen LogP contribution in [-0.2, 0) is 22.6 Å². The molecule has 7 nitrogen and oxygen atoms in total. The molecule has 1 unspecified atom stereocenters. The third kappa shape index (κ3) is 6.03. The van der Waals surface area contributed by atoms with E-state index in [1.165, 1.54) is 19.1 Å². The molecule has 2 aromatic heterocycles. The highest BCUT2D eigenvalue weighted by Gasteiger charge is 2.23. The molecule has 0 saturated carbocycles. The molecule has 4 rings (SSSR count). The van der Waals surface area contributed by atoms with Crippen LogP contribution in [0.25, 0.3) is 22.0 Å². The summed E-state index contributed by atoms with van der Waals surface area (Å²) in [6, 6.07) is 14.6. The molecule has 0 saturated heterocycles. The highest BCUT2D eigenvalue weighted by atomic mass is 19.1. The Labute approximate surface area is 198 Å². The van der Waals surface area contributed by atoms with Crippen molar-refractivity contribution < 1.29 is 13.9 Å². The molecule has 0 amide bonds. The van der Waals surface area contributed by atoms with E-state index in [0.29, 0.717) is 19.6 Å². The van der Waals surface area contributed by atoms with E-state index in [-0.39, 0.29) is 11.8 Å². The maximum Gasteiger partial charge on any atom is 0.304 e. The molecule has 0 fully saturated rings. The van der Waals surface area contributed by atoms with Crippen molar-refractivity contribution in [1.82, 2.24) is 25.0 Å². The van der Waals surface area contributed by atoms with Crippen molar-refractivity contribution in [3.8, 4) is 11.1 Å². The molecule has 4 aromatic rings. The number of aromatic nitrogens is 3. The lowest BCUT2D eigenvalue weighted by Gasteiger charge is -2.33. The fourth-order valence-corrected chi connectivity index (χ4v) is 3.90. The Kier molecular flexibility index (Phi) is 7.30. The van der Waals surface area contributed by atoms with E-state index < -0.39 is 6.23 Å². The number of rotatable bonds is 9. The van der Waals surface area contributed by atoms with Gasteiger partial charge in [-0.1, -0.05) is 18.2 Å². The molecular formula is C26H28FN5O2. The zero-order chi connectivity index (χ0) is 24.1. The lowest BCUT2D eigenvalue weighted by molar-refractivity contribution is -0.159. The Bertz CT molecular complexity index is 1260. The first-order valence-electron chi connectivity index (χ1n) is 11.1. The molecule has 0 aliphatic carbocycles. The largest absolute Gasteiger partial charge is 0.445 e. The number of hydrogen-bond acceptors (Lipinski definition) is 6. The quantitative estimate of drug-likeness (QED) is 0.297. The third-order valence-corrected chi connectivity index (χ3v) is 5.48. The van der Waals surface area contributed by atoms with Gasteiger partial charge in [-0.15, -0.1) is 0 Å². The predicted molar refractivity (Wildman–Crippen MR) is 129 cm³/mol. The second-order valence-electron chi connectivity index (χ2n) is 8.61. The van der Waals surface area contributed by atoms with Gasteiger partial charge in [0.05, 0.1) is 11.7 Å². The number of nitrogens with one attached hydrogen (secondary N) is 1. The second-order valence-corrected chi connectivity index (χ2v) is 8.61. The number of aromatic amines is 1. The number of hydrogen-bond donors (Lipinski definition) is 1. The van der Waals surface area contributed by atoms with Crippen LogP contribution in [0.5, 0.6) is 0 Å². The lowest BCUT2D eigenvalue weighted by atomic mass is 10.0. The predicted octanol–water partition coefficient (Wildman–Crippen LogP) is 4.22. The summed E-state index contributed by atoms with van der Waals surface area (Å²) in [6.45, 7) is 2.91. The summed E-state index contributed by atoms with van der Waals surface area (Å²) in [6.07, 6.45) is 4.96. The van der Waals surface area contributed by atoms with Crippen LogP contribution in [0, 0.1) is 5.82 Å². The first-order valence-corrected chi connectivity index (χ1v) is 11.1. The van der Waals surface area contributed by atoms with Gasteiger partial charge in [-0.05, 0) is 61.1 Å². The standard InChI is InChI=1S/C26H28FN5O2/c1-18(33)34-26(17-31(2)3)32(15-19-4-7-24(27)8-5-19)16-20-10-22(13-28-12-20)21-6-9-25-23(11-21)14-29-30-25/h4-14,26H,15-17H2,1-3H3,(H,29,30). The van der Waals surface area contributed by atoms with Crippen molar-refractivity contribution in [2.24, 2.45) is 0 Å². The monoisotopic (exact) mass is 461 g/mol. The van der Waals surface area contributed by atoms with Crippen molar-refractivity contribution >= 4 is 16.9 Å². The van der Waals surface area contributed by atoms with E-state index in [9.17, 15) is 9.18 Å². The number of benzene rings is 2. The normalized spacial score (nSPS) is 12.4. The molecule has 0 aliphatic rings. The molecule has 0 aliphatic heterocycles. The van der Waals surface area contributed by atoms with E-state index in [2.05, 4.69) is 32.2 Å². The number of nitrogens with zero attached hydrogens (tertiary/aromatic N) is 4. The van der Waals surface area contributed by atoms with Gasteiger partial charge in [0.1, 0.15) is 5.82 Å². The number of esters is 1. The Morgan fingerprint density at radius 2 is 1.76 bits per heavy atom. The Morgan fingerprint density at radius 3 is 2.50 bits per heavy atom. The molecule has 2 aromatic carbocycles. The molecule has 8 heteroatoms. The molecule has 1 atom stereocenters. The van der Waals surface area contributed by atoms with Crippen molar-refractivity contribution in [3.63, 3.8) is 0 Å². The Morgan fingerprint density at radius 1 is 1.00 bits per heavy atom. The van der Waals surface area contributed by atoms with E-state index in [0.717, 1.165) is 33.2 Å². The smallest absolute Gasteiger partial charge is 0.304 e. The molecule has 176 valence electrons. The van der Waals surface area contributed by atoms with Crippen LogP contribution in [0.1, 0.15) is 18.1 Å². The highest BCUT2D eigenvalue weighted by Crippen LogP contribution is 2.25. The van der Waals surface area contributed by atoms with E-state index >= 15 is 0 Å². The van der Waals surface area contributed by atoms with Gasteiger partial charge in [-0.25, -0.2) is 4.39 Å². The zero-order valence-electron chi connectivity index (χ0n) is 19.5. The van der Waals surface area contributed by atoms with Crippen LogP contribution in [0.15, 0.2) is 67.1 Å². The first kappa shape index (κ1) is 23.5. The number of pyridine rings is 1. The number of likely N-dealkylation sites (N-methyl/N-ethyl adjacent to an activating group) is 1. The average molecular weight is 462 g/mol. The lowest BCUT2D eigenvalue weighted by Crippen LogP contribution is -2.44. The molecule has 0 radical (unpaired) electrons. The summed E-state index contributed by atoms with van der Waals surface area (Å²) in [5, 5.41) is 8.08. The summed E-state index contributed by atoms with van der Waals surface area (Å²) in [5.74, 6) is -0.636. The average Bonchev–Trinajstić information content (AvgIpc) is 3.27. The van der Waals surface area contributed by atoms with Crippen LogP contribution < -0.4 is 0 Å². The SMILES string of the molecule is CC(=O)OC(CN(C)C)N(Cc1ccc(F)cc1)Cc1cncc(-c2ccc3[nH]ncc3c2)c1. The number of carbonyl (C=O) groups excluding carboxylic acids is 1. The van der Waals surface area contributed by atoms with Crippen molar-refractivity contribution in [2.75, 3.05) is 20.6 Å². The van der Waals surface area contributed by atoms with Crippen LogP contribution >= 0.6 is 0 Å². The number of carbonyl (C=O) groups is 1. The Hall–Kier alpha value is -3.62. The summed E-state index contributed by atoms with van der Waals surface area (Å²) in [4.78, 5) is 20.4. The van der Waals surface area contributed by atoms with Crippen molar-refractivity contribution in [2.45, 2.75) is 26.2 Å². The van der Waals surface area contributed by atoms with Crippen LogP contribution in [0.3, 0.4) is 0 Å². The fraction of sp³-hybridized carbons (Fsp3) is 0.269. The molecule has 1 N–H and O–H groups in total. The van der Waals surface area contributed by atoms with Gasteiger partial charge in [0.2, 0.25) is 0 Å². The van der Waals surface area contributed by atoms with Crippen molar-refractivity contribution in [3.05, 3.63) is 84.1 Å². The number of H-pyrrole nitrogens is 1. The highest BCUT2D eigenvalue weighted by molar-refractivity contribution is 5.83. The second kappa shape index (κ2) is 10.5. The summed E-state index contributed by atoms with van der Waals surface area (Å²) in [5.41, 5.74) is 4.90. The van der Waals surface area contributed by atoms with Gasteiger partial charge in [0.15, 0.2) is 6.23 Å². The van der Waals surface area contributed by atoms with Crippen LogP contribution in [0.2, 0.25) is 0 Å². The maximum absolute atomic E-state index is 13.5. The molecular weight excluding hydrogens is 433 g/mol. The zero-order valence-corrected chi connectivity index (χ0v) is 19.5. The van der Waals surface area contributed by atoms with Gasteiger partial charge in [-0.2, -0.15) is 5.10 Å². The Balaban J connectivity index is 1.63. The summed E-state index contributed by atoms with van der Waals surface area (Å²) in [7, 11) is 3.86. The van der Waals surface area contributed by atoms with E-state index in [4.69, 9.17) is 4.74 Å². The van der Waals surface area contributed by atoms with E-state index in [1.807, 2.05) is 43.5 Å². The van der Waals surface area contributed by atoms with Crippen LogP contribution in [0.4, 0.5) is 4.39 Å². The number of fused-ring (bicyclic) bond motifs is 1. The molecule has 0 spiro atoms.